The number of ether oxygens (including phenoxy) is 7. The van der Waals surface area contributed by atoms with Gasteiger partial charge in [0.1, 0.15) is 19.8 Å². The van der Waals surface area contributed by atoms with Gasteiger partial charge in [-0.05, 0) is 144 Å². The second kappa shape index (κ2) is 45.6. The lowest BCUT2D eigenvalue weighted by atomic mass is 9.95. The number of allylic oxidation sites excluding steroid dienone is 4. The number of piperidine rings is 1. The molecule has 0 amide bonds. The Balaban J connectivity index is 1.93. The summed E-state index contributed by atoms with van der Waals surface area (Å²) in [6, 6.07) is 5.47. The number of benzene rings is 1. The lowest BCUT2D eigenvalue weighted by Gasteiger charge is -2.31. The minimum atomic E-state index is -0.738. The van der Waals surface area contributed by atoms with Crippen LogP contribution in [0, 0.1) is 11.8 Å². The summed E-state index contributed by atoms with van der Waals surface area (Å²) in [5.74, 6) is -0.176. The normalized spacial score (nSPS) is 14.5. The zero-order valence-electron chi connectivity index (χ0n) is 46.8. The highest BCUT2D eigenvalue weighted by Crippen LogP contribution is 2.22. The maximum Gasteiger partial charge on any atom is 0.508 e. The van der Waals surface area contributed by atoms with Gasteiger partial charge in [0.25, 0.3) is 0 Å². The molecular formula is C61H103NO11. The molecule has 0 radical (unpaired) electrons. The number of esters is 3. The number of nitrogens with zero attached hydrogens (tertiary/aromatic N) is 1. The standard InChI is InChI=1S/C61H103NO11/c1-6-11-15-19-22-27-34-52(33-26-18-14-9-4)47-69-57(63)36-28-25-29-37-58(64)70-49-54-43-55(45-56(44-54)51-73-61(66)72-48-53-35-32-40-62(10-5)46-53)50-71-59(65)38-39-60(67-41-30-23-20-16-12-7-2)68-42-31-24-21-17-13-8-3/h12-13,16-17,43-45,52-53,60H,6-11,14-15,18-42,46-51H2,1-5H3/b16-12-,17-13-. The molecule has 1 aromatic carbocycles. The third kappa shape index (κ3) is 36.8. The van der Waals surface area contributed by atoms with E-state index in [2.05, 4.69) is 63.8 Å². The highest BCUT2D eigenvalue weighted by Gasteiger charge is 2.21. The van der Waals surface area contributed by atoms with Gasteiger partial charge < -0.3 is 38.1 Å². The van der Waals surface area contributed by atoms with E-state index in [1.54, 1.807) is 0 Å². The smallest absolute Gasteiger partial charge is 0.465 e. The molecule has 2 rings (SSSR count). The molecule has 1 aliphatic heterocycles. The molecule has 1 saturated heterocycles. The molecule has 12 heteroatoms. The van der Waals surface area contributed by atoms with Gasteiger partial charge in [-0.15, -0.1) is 0 Å². The molecule has 1 aromatic rings. The summed E-state index contributed by atoms with van der Waals surface area (Å²) in [6.07, 6.45) is 35.4. The molecule has 0 aromatic heterocycles. The Labute approximate surface area is 443 Å². The van der Waals surface area contributed by atoms with Crippen molar-refractivity contribution in [1.29, 1.82) is 0 Å². The average molecular weight is 1030 g/mol. The van der Waals surface area contributed by atoms with E-state index in [-0.39, 0.29) is 56.5 Å². The second-order valence-electron chi connectivity index (χ2n) is 20.2. The van der Waals surface area contributed by atoms with Crippen LogP contribution in [0.4, 0.5) is 4.79 Å². The first-order chi connectivity index (χ1) is 35.7. The fraction of sp³-hybridized carbons (Fsp3) is 0.770. The summed E-state index contributed by atoms with van der Waals surface area (Å²) in [5, 5.41) is 0. The van der Waals surface area contributed by atoms with Gasteiger partial charge in [-0.3, -0.25) is 14.4 Å². The van der Waals surface area contributed by atoms with Gasteiger partial charge in [0.15, 0.2) is 6.29 Å². The van der Waals surface area contributed by atoms with Crippen LogP contribution < -0.4 is 0 Å². The van der Waals surface area contributed by atoms with Crippen molar-refractivity contribution in [3.8, 4) is 0 Å². The van der Waals surface area contributed by atoms with Crippen molar-refractivity contribution in [2.24, 2.45) is 11.8 Å². The van der Waals surface area contributed by atoms with Crippen LogP contribution in [0.1, 0.15) is 238 Å². The van der Waals surface area contributed by atoms with Gasteiger partial charge >= 0.3 is 24.1 Å². The van der Waals surface area contributed by atoms with E-state index in [0.717, 1.165) is 96.7 Å². The molecule has 0 N–H and O–H groups in total. The zero-order valence-corrected chi connectivity index (χ0v) is 46.8. The van der Waals surface area contributed by atoms with Crippen LogP contribution >= 0.6 is 0 Å². The first-order valence-electron chi connectivity index (χ1n) is 29.3. The summed E-state index contributed by atoms with van der Waals surface area (Å²) in [4.78, 5) is 53.9. The van der Waals surface area contributed by atoms with Gasteiger partial charge in [0, 0.05) is 44.9 Å². The maximum atomic E-state index is 13.1. The molecule has 2 atom stereocenters. The molecular weight excluding hydrogens is 923 g/mol. The lowest BCUT2D eigenvalue weighted by Crippen LogP contribution is -2.37. The first-order valence-corrected chi connectivity index (χ1v) is 29.3. The van der Waals surface area contributed by atoms with E-state index in [9.17, 15) is 19.2 Å². The Morgan fingerprint density at radius 2 is 1.05 bits per heavy atom. The molecule has 1 heterocycles. The van der Waals surface area contributed by atoms with Crippen molar-refractivity contribution in [2.75, 3.05) is 46.1 Å². The third-order valence-corrected chi connectivity index (χ3v) is 13.5. The highest BCUT2D eigenvalue weighted by atomic mass is 16.7. The largest absolute Gasteiger partial charge is 0.508 e. The first kappa shape index (κ1) is 65.4. The van der Waals surface area contributed by atoms with E-state index < -0.39 is 12.4 Å². The molecule has 0 aliphatic carbocycles. The molecule has 0 bridgehead atoms. The molecule has 73 heavy (non-hydrogen) atoms. The van der Waals surface area contributed by atoms with Crippen LogP contribution in [-0.4, -0.2) is 81.3 Å². The zero-order chi connectivity index (χ0) is 52.8. The monoisotopic (exact) mass is 1030 g/mol. The number of unbranched alkanes of at least 4 members (excludes halogenated alkanes) is 14. The summed E-state index contributed by atoms with van der Waals surface area (Å²) < 4.78 is 40.5. The van der Waals surface area contributed by atoms with Crippen LogP contribution in [0.5, 0.6) is 0 Å². The average Bonchev–Trinajstić information content (AvgIpc) is 3.40. The van der Waals surface area contributed by atoms with Gasteiger partial charge in [0.05, 0.1) is 19.6 Å². The molecule has 0 spiro atoms. The van der Waals surface area contributed by atoms with Crippen molar-refractivity contribution >= 4 is 24.1 Å². The summed E-state index contributed by atoms with van der Waals surface area (Å²) >= 11 is 0. The fourth-order valence-corrected chi connectivity index (χ4v) is 9.07. The van der Waals surface area contributed by atoms with Crippen molar-refractivity contribution in [1.82, 2.24) is 4.90 Å². The predicted octanol–water partition coefficient (Wildman–Crippen LogP) is 15.4. The van der Waals surface area contributed by atoms with Crippen LogP contribution in [0.2, 0.25) is 0 Å². The summed E-state index contributed by atoms with van der Waals surface area (Å²) in [7, 11) is 0. The van der Waals surface area contributed by atoms with E-state index in [4.69, 9.17) is 33.2 Å². The van der Waals surface area contributed by atoms with Crippen molar-refractivity contribution in [3.05, 3.63) is 59.2 Å². The number of carbonyl (C=O) groups is 4. The number of hydrogen-bond acceptors (Lipinski definition) is 12. The molecule has 0 saturated carbocycles. The fourth-order valence-electron chi connectivity index (χ4n) is 9.07. The Hall–Kier alpha value is -3.74. The van der Waals surface area contributed by atoms with Crippen LogP contribution in [-0.2, 0) is 67.4 Å². The quantitative estimate of drug-likeness (QED) is 0.0202. The molecule has 12 nitrogen and oxygen atoms in total. The summed E-state index contributed by atoms with van der Waals surface area (Å²) in [5.41, 5.74) is 2.00. The van der Waals surface area contributed by atoms with Gasteiger partial charge in [-0.2, -0.15) is 0 Å². The number of likely N-dealkylation sites (tertiary alicyclic amines) is 1. The van der Waals surface area contributed by atoms with E-state index in [1.807, 2.05) is 18.2 Å². The number of rotatable bonds is 46. The number of carbonyl (C=O) groups excluding carboxylic acids is 4. The SMILES string of the molecule is CC/C=C\CCCCOC(CCC(=O)OCc1cc(COC(=O)CCCCCC(=O)OCC(CCCCCC)CCCCCCCC)cc(COC(=O)OCC2CCCN(CC)C2)c1)OCCCC/C=C\CC. The maximum absolute atomic E-state index is 13.1. The topological polar surface area (TPSA) is 136 Å². The van der Waals surface area contributed by atoms with Crippen LogP contribution in [0.25, 0.3) is 0 Å². The van der Waals surface area contributed by atoms with Crippen molar-refractivity contribution < 1.29 is 52.3 Å². The van der Waals surface area contributed by atoms with Crippen LogP contribution in [0.15, 0.2) is 42.5 Å². The van der Waals surface area contributed by atoms with E-state index in [1.165, 1.54) is 64.2 Å². The van der Waals surface area contributed by atoms with Gasteiger partial charge in [-0.1, -0.05) is 130 Å². The molecule has 1 fully saturated rings. The Kier molecular flexibility index (Phi) is 40.9. The van der Waals surface area contributed by atoms with E-state index in [0.29, 0.717) is 81.1 Å². The van der Waals surface area contributed by atoms with Crippen LogP contribution in [0.3, 0.4) is 0 Å². The summed E-state index contributed by atoms with van der Waals surface area (Å²) in [6.45, 7) is 15.7. The third-order valence-electron chi connectivity index (χ3n) is 13.5. The van der Waals surface area contributed by atoms with Gasteiger partial charge in [0.2, 0.25) is 0 Å². The Bertz CT molecular complexity index is 1590. The second-order valence-corrected chi connectivity index (χ2v) is 20.2. The van der Waals surface area contributed by atoms with Crippen molar-refractivity contribution in [2.45, 2.75) is 247 Å². The Morgan fingerprint density at radius 1 is 0.548 bits per heavy atom. The Morgan fingerprint density at radius 3 is 1.62 bits per heavy atom. The lowest BCUT2D eigenvalue weighted by molar-refractivity contribution is -0.160. The molecule has 1 aliphatic rings. The minimum Gasteiger partial charge on any atom is -0.465 e. The van der Waals surface area contributed by atoms with Crippen molar-refractivity contribution in [3.63, 3.8) is 0 Å². The minimum absolute atomic E-state index is 0.00150. The van der Waals surface area contributed by atoms with Gasteiger partial charge in [-0.25, -0.2) is 4.79 Å². The number of hydrogen-bond donors (Lipinski definition) is 0. The predicted molar refractivity (Wildman–Crippen MR) is 293 cm³/mol. The molecule has 2 unspecified atom stereocenters. The van der Waals surface area contributed by atoms with E-state index >= 15 is 0 Å². The highest BCUT2D eigenvalue weighted by molar-refractivity contribution is 5.70. The molecule has 418 valence electrons.